The zero-order valence-corrected chi connectivity index (χ0v) is 31.2. The number of aromatic nitrogens is 1. The second kappa shape index (κ2) is 12.5. The number of rotatable bonds is 4. The van der Waals surface area contributed by atoms with Gasteiger partial charge < -0.3 is 4.57 Å². The van der Waals surface area contributed by atoms with Gasteiger partial charge in [0, 0.05) is 16.2 Å². The van der Waals surface area contributed by atoms with Crippen molar-refractivity contribution in [1.82, 2.24) is 4.57 Å². The Morgan fingerprint density at radius 2 is 0.754 bits per heavy atom. The Bertz CT molecular complexity index is 3520. The van der Waals surface area contributed by atoms with Gasteiger partial charge in [0.15, 0.2) is 0 Å². The highest BCUT2D eigenvalue weighted by atomic mass is 15.0. The lowest BCUT2D eigenvalue weighted by Gasteiger charge is -2.21. The molecule has 0 radical (unpaired) electrons. The lowest BCUT2D eigenvalue weighted by molar-refractivity contribution is 1.20. The van der Waals surface area contributed by atoms with Crippen molar-refractivity contribution >= 4 is 75.7 Å². The molecule has 0 aliphatic carbocycles. The van der Waals surface area contributed by atoms with Crippen molar-refractivity contribution in [3.05, 3.63) is 212 Å². The molecule has 0 aliphatic rings. The third-order valence-corrected chi connectivity index (χ3v) is 12.1. The fourth-order valence-electron chi connectivity index (χ4n) is 9.56. The van der Waals surface area contributed by atoms with Crippen LogP contribution in [0.4, 0.5) is 0 Å². The first-order chi connectivity index (χ1) is 28.3. The van der Waals surface area contributed by atoms with E-state index in [1.807, 2.05) is 0 Å². The van der Waals surface area contributed by atoms with Crippen LogP contribution in [0.2, 0.25) is 0 Å². The molecule has 1 aromatic heterocycles. The number of fused-ring (bicyclic) bond motifs is 8. The molecule has 12 rings (SSSR count). The van der Waals surface area contributed by atoms with Crippen molar-refractivity contribution < 1.29 is 0 Å². The van der Waals surface area contributed by atoms with Crippen molar-refractivity contribution in [1.29, 1.82) is 0 Å². The minimum Gasteiger partial charge on any atom is -0.309 e. The van der Waals surface area contributed by atoms with E-state index < -0.39 is 0 Å². The monoisotopic (exact) mass is 721 g/mol. The van der Waals surface area contributed by atoms with Crippen molar-refractivity contribution in [2.24, 2.45) is 0 Å². The first-order valence-corrected chi connectivity index (χ1v) is 19.8. The summed E-state index contributed by atoms with van der Waals surface area (Å²) >= 11 is 0. The van der Waals surface area contributed by atoms with E-state index in [1.54, 1.807) is 0 Å². The third-order valence-electron chi connectivity index (χ3n) is 12.1. The predicted molar refractivity (Wildman–Crippen MR) is 245 cm³/mol. The molecule has 1 heteroatoms. The Balaban J connectivity index is 1.14. The molecule has 0 saturated heterocycles. The van der Waals surface area contributed by atoms with E-state index in [0.717, 1.165) is 0 Å². The van der Waals surface area contributed by atoms with Crippen LogP contribution in [0.15, 0.2) is 212 Å². The average molecular weight is 722 g/mol. The summed E-state index contributed by atoms with van der Waals surface area (Å²) < 4.78 is 2.45. The van der Waals surface area contributed by atoms with Gasteiger partial charge in [-0.25, -0.2) is 0 Å². The average Bonchev–Trinajstić information content (AvgIpc) is 3.61. The van der Waals surface area contributed by atoms with Crippen molar-refractivity contribution in [2.75, 3.05) is 0 Å². The van der Waals surface area contributed by atoms with Crippen LogP contribution in [-0.4, -0.2) is 4.57 Å². The molecule has 57 heavy (non-hydrogen) atoms. The van der Waals surface area contributed by atoms with E-state index in [-0.39, 0.29) is 0 Å². The normalized spacial score (nSPS) is 11.9. The number of benzene rings is 11. The van der Waals surface area contributed by atoms with Gasteiger partial charge in [-0.15, -0.1) is 0 Å². The van der Waals surface area contributed by atoms with E-state index in [9.17, 15) is 0 Å². The van der Waals surface area contributed by atoms with Crippen LogP contribution in [0.3, 0.4) is 0 Å². The van der Waals surface area contributed by atoms with E-state index in [4.69, 9.17) is 0 Å². The molecule has 0 amide bonds. The van der Waals surface area contributed by atoms with Crippen LogP contribution in [0.1, 0.15) is 0 Å². The maximum atomic E-state index is 2.45. The molecule has 1 heterocycles. The van der Waals surface area contributed by atoms with Crippen LogP contribution >= 0.6 is 0 Å². The maximum absolute atomic E-state index is 2.45. The van der Waals surface area contributed by atoms with Crippen LogP contribution in [-0.2, 0) is 0 Å². The van der Waals surface area contributed by atoms with Gasteiger partial charge in [0.25, 0.3) is 0 Å². The summed E-state index contributed by atoms with van der Waals surface area (Å²) in [4.78, 5) is 0. The molecule has 0 atom stereocenters. The Labute approximate surface area is 330 Å². The quantitative estimate of drug-likeness (QED) is 0.160. The zero-order valence-electron chi connectivity index (χ0n) is 31.2. The molecule has 1 nitrogen and oxygen atoms in total. The summed E-state index contributed by atoms with van der Waals surface area (Å²) in [5.74, 6) is 0. The standard InChI is InChI=1S/C56H35N/c1-2-14-36(15-3-1)55-47-22-8-9-23-48(47)56(50-29-28-41(35-51(50)55)39-26-27-40-32-37-16-4-5-17-38(37)33-42(40)34-39)49-30-31-54(44-19-7-6-18-43(44)49)57-52-24-12-10-20-45(52)46-21-11-13-25-53(46)57/h1-35H. The minimum atomic E-state index is 1.19. The Morgan fingerprint density at radius 3 is 1.47 bits per heavy atom. The SMILES string of the molecule is c1ccc(-c2c3ccccc3c(-c3ccc(-n4c5ccccc5c5ccccc54)c4ccccc34)c3ccc(-c4ccc5cc6ccccc6cc5c4)cc23)cc1. The minimum absolute atomic E-state index is 1.19. The Hall–Kier alpha value is -7.48. The molecular formula is C56H35N. The summed E-state index contributed by atoms with van der Waals surface area (Å²) in [7, 11) is 0. The fraction of sp³-hybridized carbons (Fsp3) is 0. The predicted octanol–water partition coefficient (Wildman–Crippen LogP) is 15.6. The van der Waals surface area contributed by atoms with Gasteiger partial charge in [0.05, 0.1) is 16.7 Å². The summed E-state index contributed by atoms with van der Waals surface area (Å²) in [6.07, 6.45) is 0. The van der Waals surface area contributed by atoms with Crippen LogP contribution < -0.4 is 0 Å². The molecule has 12 aromatic rings. The number of para-hydroxylation sites is 2. The van der Waals surface area contributed by atoms with Gasteiger partial charge in [-0.05, 0) is 124 Å². The highest BCUT2D eigenvalue weighted by molar-refractivity contribution is 6.24. The third kappa shape index (κ3) is 4.89. The van der Waals surface area contributed by atoms with Gasteiger partial charge in [-0.2, -0.15) is 0 Å². The molecular weight excluding hydrogens is 687 g/mol. The summed E-state index contributed by atoms with van der Waals surface area (Å²) in [6, 6.07) is 78.5. The maximum Gasteiger partial charge on any atom is 0.0541 e. The van der Waals surface area contributed by atoms with Gasteiger partial charge in [-0.3, -0.25) is 0 Å². The molecule has 0 saturated carbocycles. The largest absolute Gasteiger partial charge is 0.309 e. The molecule has 0 fully saturated rings. The van der Waals surface area contributed by atoms with Crippen LogP contribution in [0.25, 0.3) is 115 Å². The first-order valence-electron chi connectivity index (χ1n) is 19.8. The molecule has 11 aromatic carbocycles. The second-order valence-electron chi connectivity index (χ2n) is 15.2. The van der Waals surface area contributed by atoms with Gasteiger partial charge >= 0.3 is 0 Å². The molecule has 0 bridgehead atoms. The summed E-state index contributed by atoms with van der Waals surface area (Å²) in [5, 5.41) is 15.1. The molecule has 0 unspecified atom stereocenters. The highest BCUT2D eigenvalue weighted by Gasteiger charge is 2.21. The smallest absolute Gasteiger partial charge is 0.0541 e. The van der Waals surface area contributed by atoms with E-state index in [2.05, 4.69) is 217 Å². The number of hydrogen-bond donors (Lipinski definition) is 0. The fourth-order valence-corrected chi connectivity index (χ4v) is 9.56. The number of hydrogen-bond acceptors (Lipinski definition) is 0. The number of nitrogens with zero attached hydrogens (tertiary/aromatic N) is 1. The van der Waals surface area contributed by atoms with Gasteiger partial charge in [0.2, 0.25) is 0 Å². The van der Waals surface area contributed by atoms with E-state index in [0.29, 0.717) is 0 Å². The summed E-state index contributed by atoms with van der Waals surface area (Å²) in [5.41, 5.74) is 11.0. The van der Waals surface area contributed by atoms with Gasteiger partial charge in [0.1, 0.15) is 0 Å². The molecule has 0 aliphatic heterocycles. The lowest BCUT2D eigenvalue weighted by atomic mass is 9.83. The highest BCUT2D eigenvalue weighted by Crippen LogP contribution is 2.47. The van der Waals surface area contributed by atoms with Crippen molar-refractivity contribution in [3.8, 4) is 39.1 Å². The van der Waals surface area contributed by atoms with Gasteiger partial charge in [-0.1, -0.05) is 170 Å². The zero-order chi connectivity index (χ0) is 37.5. The summed E-state index contributed by atoms with van der Waals surface area (Å²) in [6.45, 7) is 0. The van der Waals surface area contributed by atoms with Crippen LogP contribution in [0.5, 0.6) is 0 Å². The van der Waals surface area contributed by atoms with Crippen molar-refractivity contribution in [3.63, 3.8) is 0 Å². The lowest BCUT2D eigenvalue weighted by Crippen LogP contribution is -1.97. The van der Waals surface area contributed by atoms with E-state index in [1.165, 1.54) is 115 Å². The molecule has 0 spiro atoms. The topological polar surface area (TPSA) is 4.93 Å². The van der Waals surface area contributed by atoms with Crippen molar-refractivity contribution in [2.45, 2.75) is 0 Å². The Kier molecular flexibility index (Phi) is 7.00. The Morgan fingerprint density at radius 1 is 0.246 bits per heavy atom. The second-order valence-corrected chi connectivity index (χ2v) is 15.2. The molecule has 0 N–H and O–H groups in total. The molecule has 264 valence electrons. The van der Waals surface area contributed by atoms with Crippen LogP contribution in [0, 0.1) is 0 Å². The van der Waals surface area contributed by atoms with E-state index >= 15 is 0 Å². The first kappa shape index (κ1) is 31.8.